The van der Waals surface area contributed by atoms with Gasteiger partial charge in [-0.2, -0.15) is 0 Å². The van der Waals surface area contributed by atoms with E-state index in [0.29, 0.717) is 147 Å². The Morgan fingerprint density at radius 3 is 1.55 bits per heavy atom. The number of aromatic nitrogens is 11. The van der Waals surface area contributed by atoms with E-state index in [1.807, 2.05) is 60.0 Å². The van der Waals surface area contributed by atoms with Gasteiger partial charge >= 0.3 is 0 Å². The number of piperazine rings is 1. The van der Waals surface area contributed by atoms with E-state index in [4.69, 9.17) is 54.5 Å². The lowest BCUT2D eigenvalue weighted by Crippen LogP contribution is -2.49. The van der Waals surface area contributed by atoms with Gasteiger partial charge in [-0.15, -0.1) is 21.5 Å². The van der Waals surface area contributed by atoms with Gasteiger partial charge in [-0.1, -0.05) is 35.6 Å². The number of piperidine rings is 1. The summed E-state index contributed by atoms with van der Waals surface area (Å²) < 4.78 is 55.8. The van der Waals surface area contributed by atoms with E-state index in [9.17, 15) is 43.2 Å². The smallest absolute Gasteiger partial charge is 0.291 e. The van der Waals surface area contributed by atoms with Crippen molar-refractivity contribution < 1.29 is 81.0 Å². The number of imidazole rings is 3. The topological polar surface area (TPSA) is 455 Å². The lowest BCUT2D eigenvalue weighted by molar-refractivity contribution is -0.121. The number of fused-ring (bicyclic) bond motifs is 3. The number of hydrogen-bond acceptors (Lipinski definition) is 28. The summed E-state index contributed by atoms with van der Waals surface area (Å²) in [6, 6.07) is 17.2. The molecule has 3 aliphatic heterocycles. The van der Waals surface area contributed by atoms with Gasteiger partial charge in [0.2, 0.25) is 35.3 Å². The third kappa shape index (κ3) is 33.8. The minimum absolute atomic E-state index is 0.0110. The van der Waals surface area contributed by atoms with Crippen molar-refractivity contribution >= 4 is 111 Å². The number of thiophene rings is 1. The molecule has 9 amide bonds. The molecule has 2 aromatic carbocycles. The highest BCUT2D eigenvalue weighted by Crippen LogP contribution is 2.40. The predicted octanol–water partition coefficient (Wildman–Crippen LogP) is 5.41. The molecule has 1 atom stereocenters. The Labute approximate surface area is 828 Å². The van der Waals surface area contributed by atoms with Gasteiger partial charge in [0.05, 0.1) is 136 Å². The number of rotatable bonds is 55. The molecule has 141 heavy (non-hydrogen) atoms. The zero-order valence-electron chi connectivity index (χ0n) is 81.4. The fraction of sp³-hybridized carbons (Fsp3) is 0.495. The molecule has 0 spiro atoms. The van der Waals surface area contributed by atoms with Crippen LogP contribution < -0.4 is 47.9 Å². The van der Waals surface area contributed by atoms with Crippen LogP contribution in [0.4, 0.5) is 28.7 Å². The summed E-state index contributed by atoms with van der Waals surface area (Å²) in [4.78, 5) is 146. The van der Waals surface area contributed by atoms with E-state index in [2.05, 4.69) is 137 Å². The molecule has 0 saturated carbocycles. The van der Waals surface area contributed by atoms with Gasteiger partial charge in [0.1, 0.15) is 28.3 Å². The van der Waals surface area contributed by atoms with Crippen LogP contribution in [0, 0.1) is 50.4 Å². The van der Waals surface area contributed by atoms with E-state index in [0.717, 1.165) is 76.5 Å². The van der Waals surface area contributed by atoms with Crippen LogP contribution in [-0.4, -0.2) is 342 Å². The number of aryl methyl sites for hydroxylation is 7. The highest BCUT2D eigenvalue weighted by molar-refractivity contribution is 7.15. The SMILES string of the molecule is Cc1sc2c(c1C)C(c1ccc(Cl)cc1)=N[C@@H](CC(=O)Nc1ccc(C#CC#CCN(CCOCCOCCOCCOCCOCCNC(=O)CCNC(=O)c3nc(NC(=O)CCNC(=O)c4cc(NC(=O)c5nc(NC(=O)CCNC(=O)c6cc(NC(=O)c7nccn7C)cn6C)cn5C)cn4C)cn3C)CCOCCOCCOCCN3CCN(CC4CCN(C)CC4)CC3)cc1)c1nnc(C)n1-2. The maximum Gasteiger partial charge on any atom is 0.291 e. The quantitative estimate of drug-likeness (QED) is 0.0170. The van der Waals surface area contributed by atoms with E-state index in [1.54, 1.807) is 63.5 Å². The van der Waals surface area contributed by atoms with Gasteiger partial charge in [-0.05, 0) is 126 Å². The first kappa shape index (κ1) is 107. The number of nitrogens with one attached hydrogen (secondary N) is 9. The number of anilines is 5. The number of nitrogens with zero attached hydrogens (tertiary/aromatic N) is 16. The first-order chi connectivity index (χ1) is 68.2. The number of benzene rings is 2. The molecule has 2 saturated heterocycles. The van der Waals surface area contributed by atoms with Gasteiger partial charge < -0.3 is 118 Å². The second kappa shape index (κ2) is 55.5. The third-order valence-corrected chi connectivity index (χ3v) is 24.9. The lowest BCUT2D eigenvalue weighted by Gasteiger charge is -2.38. The van der Waals surface area contributed by atoms with Gasteiger partial charge in [0.25, 0.3) is 29.5 Å². The molecule has 0 radical (unpaired) electrons. The minimum atomic E-state index is -0.642. The summed E-state index contributed by atoms with van der Waals surface area (Å²) in [7, 11) is 10.3. The van der Waals surface area contributed by atoms with Crippen LogP contribution in [0.3, 0.4) is 0 Å². The van der Waals surface area contributed by atoms with Crippen LogP contribution in [0.1, 0.15) is 136 Å². The Morgan fingerprint density at radius 1 is 0.489 bits per heavy atom. The maximum atomic E-state index is 13.8. The Balaban J connectivity index is 0.469. The van der Waals surface area contributed by atoms with Crippen LogP contribution in [0.5, 0.6) is 0 Å². The van der Waals surface area contributed by atoms with Crippen LogP contribution >= 0.6 is 22.9 Å². The number of amides is 9. The maximum absolute atomic E-state index is 13.8. The number of halogens is 1. The Hall–Kier alpha value is -12.7. The van der Waals surface area contributed by atoms with Crippen molar-refractivity contribution in [2.75, 3.05) is 238 Å². The molecular formula is C97H128ClN25O17S. The van der Waals surface area contributed by atoms with Crippen molar-refractivity contribution in [3.05, 3.63) is 171 Å². The number of aliphatic imine (C=N–C) groups is 1. The number of ether oxygens (including phenoxy) is 8. The fourth-order valence-electron chi connectivity index (χ4n) is 15.7. The number of carbonyl (C=O) groups is 9. The van der Waals surface area contributed by atoms with Gasteiger partial charge in [0.15, 0.2) is 23.3 Å². The summed E-state index contributed by atoms with van der Waals surface area (Å²) >= 11 is 7.97. The summed E-state index contributed by atoms with van der Waals surface area (Å²) in [5, 5.41) is 35.0. The zero-order valence-corrected chi connectivity index (χ0v) is 83.0. The Kier molecular flexibility index (Phi) is 42.2. The van der Waals surface area contributed by atoms with Crippen molar-refractivity contribution in [3.63, 3.8) is 0 Å². The average Bonchev–Trinajstić information content (AvgIpc) is 1.59. The molecule has 0 unspecified atom stereocenters. The zero-order chi connectivity index (χ0) is 99.9. The highest BCUT2D eigenvalue weighted by atomic mass is 35.5. The molecule has 42 nitrogen and oxygen atoms in total. The molecule has 10 heterocycles. The lowest BCUT2D eigenvalue weighted by atomic mass is 9.96. The van der Waals surface area contributed by atoms with Crippen molar-refractivity contribution in [2.45, 2.75) is 65.3 Å². The van der Waals surface area contributed by atoms with Gasteiger partial charge in [-0.25, -0.2) is 15.0 Å². The van der Waals surface area contributed by atoms with Gasteiger partial charge in [0, 0.05) is 202 Å². The van der Waals surface area contributed by atoms with E-state index in [-0.39, 0.29) is 116 Å². The molecule has 2 fully saturated rings. The van der Waals surface area contributed by atoms with E-state index in [1.165, 1.54) is 87.7 Å². The minimum Gasteiger partial charge on any atom is -0.378 e. The molecule has 44 heteroatoms. The fourth-order valence-corrected chi connectivity index (χ4v) is 17.0. The summed E-state index contributed by atoms with van der Waals surface area (Å²) in [6.07, 6.45) is 11.5. The molecule has 756 valence electrons. The second-order valence-electron chi connectivity index (χ2n) is 34.2. The van der Waals surface area contributed by atoms with Crippen molar-refractivity contribution in [1.29, 1.82) is 0 Å². The van der Waals surface area contributed by atoms with E-state index < -0.39 is 47.4 Å². The highest BCUT2D eigenvalue weighted by Gasteiger charge is 2.34. The van der Waals surface area contributed by atoms with Crippen LogP contribution in [-0.2, 0) is 92.3 Å². The molecule has 7 aromatic heterocycles. The Morgan fingerprint density at radius 2 is 1.00 bits per heavy atom. The second-order valence-corrected chi connectivity index (χ2v) is 35.8. The molecular weight excluding hydrogens is 1850 g/mol. The van der Waals surface area contributed by atoms with Crippen LogP contribution in [0.15, 0.2) is 103 Å². The molecule has 0 bridgehead atoms. The summed E-state index contributed by atoms with van der Waals surface area (Å²) in [6.45, 7) is 23.6. The van der Waals surface area contributed by atoms with E-state index >= 15 is 0 Å². The van der Waals surface area contributed by atoms with Crippen LogP contribution in [0.25, 0.3) is 5.00 Å². The van der Waals surface area contributed by atoms with Crippen molar-refractivity contribution in [1.82, 2.24) is 93.4 Å². The molecule has 9 aromatic rings. The molecule has 9 N–H and O–H groups in total. The van der Waals surface area contributed by atoms with Crippen molar-refractivity contribution in [2.24, 2.45) is 46.1 Å². The normalized spacial score (nSPS) is 13.9. The number of hydrogen-bond donors (Lipinski definition) is 9. The summed E-state index contributed by atoms with van der Waals surface area (Å²) in [5.74, 6) is 10.5. The number of carbonyl (C=O) groups excluding carboxylic acids is 9. The average molecular weight is 1980 g/mol. The molecule has 12 rings (SSSR count). The predicted molar refractivity (Wildman–Crippen MR) is 531 cm³/mol. The molecule has 0 aliphatic carbocycles. The monoisotopic (exact) mass is 1980 g/mol. The number of likely N-dealkylation sites (tertiary alicyclic amines) is 1. The largest absolute Gasteiger partial charge is 0.378 e. The first-order valence-electron chi connectivity index (χ1n) is 47.2. The van der Waals surface area contributed by atoms with Crippen LogP contribution in [0.2, 0.25) is 5.02 Å². The standard InChI is InChI=1S/C97H128ClN25O17S/c1-67-68(2)141-97-86(67)87(72-16-18-73(98)19-17-72)107-77(88-113-112-69(3)123(88)97)61-85(127)104-74-20-14-70(15-21-74)13-11-10-12-32-120(40-44-134-48-52-138-53-50-136-46-42-121-36-38-122(39-37-121)62-71-25-33-114(4)34-26-71)41-45-135-49-54-139-56-58-140-57-55-137-51-47-133-43-31-99-82(124)22-27-103-94(130)90-110-80(65-118(90)8)108-83(125)23-28-102-93(129)79-60-76(64-117(79)7)106-96(132)91-111-81(66-119(91)9)109-84(126)24-29-101-92(128)78-59-75(63-116(78)6)105-95(131)89-100-30-35-115(89)5/h14-21,30,35,59-60,63-66,71,77H,22-29,31-34,36-58,61-62H2,1-9H3,(H,99,124)(H,101,128)(H,102,129)(H,103,130)(H,104,127)(H,105,131)(H,106,132)(H,108,125)(H,109,126)/t77-/m0/s1. The van der Waals surface area contributed by atoms with Crippen molar-refractivity contribution in [3.8, 4) is 28.7 Å². The Bertz CT molecular complexity index is 5840. The molecule has 3 aliphatic rings. The first-order valence-corrected chi connectivity index (χ1v) is 48.4. The third-order valence-electron chi connectivity index (χ3n) is 23.5. The summed E-state index contributed by atoms with van der Waals surface area (Å²) in [5.41, 5.74) is 6.16. The van der Waals surface area contributed by atoms with Gasteiger partial charge in [-0.3, -0.25) is 62.5 Å².